The highest BCUT2D eigenvalue weighted by Crippen LogP contribution is 2.27. The first kappa shape index (κ1) is 17.8. The second-order valence-electron chi connectivity index (χ2n) is 5.07. The van der Waals surface area contributed by atoms with E-state index in [-0.39, 0.29) is 0 Å². The summed E-state index contributed by atoms with van der Waals surface area (Å²) in [6.07, 6.45) is -3.50. The Balaban J connectivity index is 2.04. The minimum absolute atomic E-state index is 0.391. The van der Waals surface area contributed by atoms with Gasteiger partial charge in [-0.1, -0.05) is 0 Å². The summed E-state index contributed by atoms with van der Waals surface area (Å²) < 4.78 is 56.7. The lowest BCUT2D eigenvalue weighted by Crippen LogP contribution is -2.30. The Labute approximate surface area is 135 Å². The molecular weight excluding hydrogens is 330 g/mol. The van der Waals surface area contributed by atoms with Crippen molar-refractivity contribution in [2.24, 2.45) is 0 Å². The number of methoxy groups -OCH3 is 1. The van der Waals surface area contributed by atoms with E-state index < -0.39 is 36.2 Å². The monoisotopic (exact) mass is 345 g/mol. The molecule has 0 bridgehead atoms. The molecule has 5 nitrogen and oxygen atoms in total. The van der Waals surface area contributed by atoms with Crippen molar-refractivity contribution in [3.05, 3.63) is 47.5 Å². The van der Waals surface area contributed by atoms with Crippen molar-refractivity contribution in [3.63, 3.8) is 0 Å². The molecule has 1 aromatic heterocycles. The van der Waals surface area contributed by atoms with Crippen LogP contribution in [0.1, 0.15) is 24.2 Å². The Bertz CT molecular complexity index is 728. The average Bonchev–Trinajstić information content (AvgIpc) is 2.95. The molecule has 2 rings (SSSR count). The fourth-order valence-corrected chi connectivity index (χ4v) is 2.16. The zero-order chi connectivity index (χ0) is 17.9. The highest BCUT2D eigenvalue weighted by Gasteiger charge is 2.33. The Kier molecular flexibility index (Phi) is 5.10. The molecule has 1 N–H and O–H groups in total. The summed E-state index contributed by atoms with van der Waals surface area (Å²) in [4.78, 5) is 12.0. The van der Waals surface area contributed by atoms with Crippen LogP contribution in [0.25, 0.3) is 0 Å². The number of carbonyl (C=O) groups excluding carboxylic acids is 1. The number of hydrogen-bond acceptors (Lipinski definition) is 3. The van der Waals surface area contributed by atoms with E-state index in [9.17, 15) is 22.4 Å². The van der Waals surface area contributed by atoms with E-state index >= 15 is 0 Å². The largest absolute Gasteiger partial charge is 0.496 e. The number of rotatable bonds is 5. The van der Waals surface area contributed by atoms with Crippen LogP contribution in [-0.2, 0) is 17.5 Å². The summed E-state index contributed by atoms with van der Waals surface area (Å²) in [7, 11) is 1.41. The molecule has 0 radical (unpaired) electrons. The van der Waals surface area contributed by atoms with Gasteiger partial charge in [-0.3, -0.25) is 9.48 Å². The number of ether oxygens (including phenoxy) is 1. The Morgan fingerprint density at radius 3 is 2.67 bits per heavy atom. The maximum absolute atomic E-state index is 13.4. The minimum Gasteiger partial charge on any atom is -0.496 e. The number of carbonyl (C=O) groups is 1. The molecule has 2 aromatic rings. The standard InChI is InChI=1S/C15H15F4N3O2/c1-9(11-7-10(16)3-4-12(11)24-2)20-14(23)8-22-6-5-13(21-22)15(17,18)19/h3-7,9H,8H2,1-2H3,(H,20,23)/t9-/m1/s1. The second kappa shape index (κ2) is 6.90. The first-order valence-corrected chi connectivity index (χ1v) is 6.94. The minimum atomic E-state index is -4.57. The van der Waals surface area contributed by atoms with Gasteiger partial charge >= 0.3 is 6.18 Å². The molecule has 0 spiro atoms. The number of halogens is 4. The number of hydrogen-bond donors (Lipinski definition) is 1. The summed E-state index contributed by atoms with van der Waals surface area (Å²) in [5.74, 6) is -0.665. The molecule has 0 fully saturated rings. The van der Waals surface area contributed by atoms with Crippen molar-refractivity contribution in [2.75, 3.05) is 7.11 Å². The van der Waals surface area contributed by atoms with Crippen molar-refractivity contribution in [3.8, 4) is 5.75 Å². The summed E-state index contributed by atoms with van der Waals surface area (Å²) in [6.45, 7) is 1.22. The van der Waals surface area contributed by atoms with Gasteiger partial charge < -0.3 is 10.1 Å². The van der Waals surface area contributed by atoms with E-state index in [1.807, 2.05) is 0 Å². The van der Waals surface area contributed by atoms with E-state index in [0.29, 0.717) is 11.3 Å². The molecule has 0 aliphatic rings. The van der Waals surface area contributed by atoms with E-state index in [1.165, 1.54) is 25.3 Å². The fourth-order valence-electron chi connectivity index (χ4n) is 2.16. The summed E-state index contributed by atoms with van der Waals surface area (Å²) in [5, 5.41) is 5.86. The molecule has 9 heteroatoms. The lowest BCUT2D eigenvalue weighted by Gasteiger charge is -2.17. The molecule has 1 heterocycles. The predicted molar refractivity (Wildman–Crippen MR) is 76.7 cm³/mol. The second-order valence-corrected chi connectivity index (χ2v) is 5.07. The van der Waals surface area contributed by atoms with Crippen LogP contribution >= 0.6 is 0 Å². The fraction of sp³-hybridized carbons (Fsp3) is 0.333. The molecule has 0 aliphatic carbocycles. The van der Waals surface area contributed by atoms with Gasteiger partial charge in [0.1, 0.15) is 18.1 Å². The third-order valence-electron chi connectivity index (χ3n) is 3.27. The van der Waals surface area contributed by atoms with Crippen LogP contribution in [0.4, 0.5) is 17.6 Å². The van der Waals surface area contributed by atoms with Crippen LogP contribution in [0.3, 0.4) is 0 Å². The van der Waals surface area contributed by atoms with E-state index in [0.717, 1.165) is 16.9 Å². The topological polar surface area (TPSA) is 56.1 Å². The van der Waals surface area contributed by atoms with Crippen molar-refractivity contribution in [1.29, 1.82) is 0 Å². The number of nitrogens with zero attached hydrogens (tertiary/aromatic N) is 2. The van der Waals surface area contributed by atoms with Gasteiger partial charge in [-0.15, -0.1) is 0 Å². The van der Waals surface area contributed by atoms with Gasteiger partial charge in [0.05, 0.1) is 13.2 Å². The van der Waals surface area contributed by atoms with Gasteiger partial charge in [0.25, 0.3) is 0 Å². The van der Waals surface area contributed by atoms with E-state index in [1.54, 1.807) is 6.92 Å². The smallest absolute Gasteiger partial charge is 0.435 e. The maximum Gasteiger partial charge on any atom is 0.435 e. The van der Waals surface area contributed by atoms with Crippen LogP contribution in [0.2, 0.25) is 0 Å². The highest BCUT2D eigenvalue weighted by molar-refractivity contribution is 5.76. The Morgan fingerprint density at radius 2 is 2.08 bits per heavy atom. The lowest BCUT2D eigenvalue weighted by molar-refractivity contribution is -0.141. The SMILES string of the molecule is COc1ccc(F)cc1[C@@H](C)NC(=O)Cn1ccc(C(F)(F)F)n1. The van der Waals surface area contributed by atoms with Crippen molar-refractivity contribution in [1.82, 2.24) is 15.1 Å². The van der Waals surface area contributed by atoms with Gasteiger partial charge in [0, 0.05) is 11.8 Å². The third kappa shape index (κ3) is 4.24. The third-order valence-corrected chi connectivity index (χ3v) is 3.27. The van der Waals surface area contributed by atoms with Crippen LogP contribution in [0.15, 0.2) is 30.5 Å². The van der Waals surface area contributed by atoms with Gasteiger partial charge in [-0.2, -0.15) is 18.3 Å². The van der Waals surface area contributed by atoms with Gasteiger partial charge in [0.15, 0.2) is 5.69 Å². The van der Waals surface area contributed by atoms with Gasteiger partial charge in [-0.05, 0) is 31.2 Å². The molecule has 1 atom stereocenters. The molecule has 0 saturated carbocycles. The molecular formula is C15H15F4N3O2. The normalized spacial score (nSPS) is 12.8. The predicted octanol–water partition coefficient (Wildman–Crippen LogP) is 2.93. The van der Waals surface area contributed by atoms with E-state index in [4.69, 9.17) is 4.74 Å². The number of alkyl halides is 3. The number of amides is 1. The summed E-state index contributed by atoms with van der Waals surface area (Å²) in [6, 6.07) is 4.06. The zero-order valence-corrected chi connectivity index (χ0v) is 12.9. The number of aromatic nitrogens is 2. The van der Waals surface area contributed by atoms with E-state index in [2.05, 4.69) is 10.4 Å². The Hall–Kier alpha value is -2.58. The summed E-state index contributed by atoms with van der Waals surface area (Å²) in [5.41, 5.74) is -0.655. The number of nitrogens with one attached hydrogen (secondary N) is 1. The molecule has 0 saturated heterocycles. The molecule has 24 heavy (non-hydrogen) atoms. The summed E-state index contributed by atoms with van der Waals surface area (Å²) >= 11 is 0. The first-order chi connectivity index (χ1) is 11.2. The van der Waals surface area contributed by atoms with Gasteiger partial charge in [0.2, 0.25) is 5.91 Å². The quantitative estimate of drug-likeness (QED) is 0.848. The molecule has 1 aromatic carbocycles. The maximum atomic E-state index is 13.4. The number of benzene rings is 1. The van der Waals surface area contributed by atoms with Crippen LogP contribution in [0, 0.1) is 5.82 Å². The zero-order valence-electron chi connectivity index (χ0n) is 12.9. The molecule has 0 aliphatic heterocycles. The van der Waals surface area contributed by atoms with Gasteiger partial charge in [-0.25, -0.2) is 4.39 Å². The molecule has 130 valence electrons. The van der Waals surface area contributed by atoms with Crippen LogP contribution < -0.4 is 10.1 Å². The van der Waals surface area contributed by atoms with Crippen LogP contribution in [-0.4, -0.2) is 22.8 Å². The molecule has 1 amide bonds. The highest BCUT2D eigenvalue weighted by atomic mass is 19.4. The first-order valence-electron chi connectivity index (χ1n) is 6.94. The molecule has 0 unspecified atom stereocenters. The lowest BCUT2D eigenvalue weighted by atomic mass is 10.1. The van der Waals surface area contributed by atoms with Crippen molar-refractivity contribution >= 4 is 5.91 Å². The van der Waals surface area contributed by atoms with Crippen molar-refractivity contribution in [2.45, 2.75) is 25.7 Å². The van der Waals surface area contributed by atoms with Crippen LogP contribution in [0.5, 0.6) is 5.75 Å². The average molecular weight is 345 g/mol. The Morgan fingerprint density at radius 1 is 1.38 bits per heavy atom. The van der Waals surface area contributed by atoms with Crippen molar-refractivity contribution < 1.29 is 27.1 Å².